The summed E-state index contributed by atoms with van der Waals surface area (Å²) in [6, 6.07) is 7.47. The maximum Gasteiger partial charge on any atom is 0.308 e. The Morgan fingerprint density at radius 3 is 2.91 bits per heavy atom. The van der Waals surface area contributed by atoms with Crippen molar-refractivity contribution >= 4 is 16.9 Å². The Morgan fingerprint density at radius 2 is 2.18 bits per heavy atom. The van der Waals surface area contributed by atoms with Gasteiger partial charge in [0.1, 0.15) is 5.75 Å². The number of carbonyl (C=O) groups is 1. The summed E-state index contributed by atoms with van der Waals surface area (Å²) in [5, 5.41) is 21.7. The van der Waals surface area contributed by atoms with E-state index < -0.39 is 18.0 Å². The monoisotopic (exact) mass is 466 g/mol. The highest BCUT2D eigenvalue weighted by molar-refractivity contribution is 5.83. The number of aryl methyl sites for hydroxylation is 2. The summed E-state index contributed by atoms with van der Waals surface area (Å²) in [4.78, 5) is 22.9. The van der Waals surface area contributed by atoms with Gasteiger partial charge in [0.2, 0.25) is 0 Å². The second-order valence-corrected chi connectivity index (χ2v) is 9.27. The lowest BCUT2D eigenvalue weighted by Gasteiger charge is -2.37. The van der Waals surface area contributed by atoms with Gasteiger partial charge in [-0.25, -0.2) is 4.98 Å². The van der Waals surface area contributed by atoms with Gasteiger partial charge in [-0.15, -0.1) is 0 Å². The summed E-state index contributed by atoms with van der Waals surface area (Å²) in [6.45, 7) is 2.34. The van der Waals surface area contributed by atoms with Crippen LogP contribution in [-0.4, -0.2) is 62.4 Å². The van der Waals surface area contributed by atoms with Gasteiger partial charge in [0.15, 0.2) is 0 Å². The number of carboxylic acids is 1. The van der Waals surface area contributed by atoms with Crippen molar-refractivity contribution in [2.75, 3.05) is 26.7 Å². The number of pyridine rings is 1. The van der Waals surface area contributed by atoms with Crippen LogP contribution in [0.25, 0.3) is 10.9 Å². The van der Waals surface area contributed by atoms with E-state index in [1.165, 1.54) is 5.69 Å². The van der Waals surface area contributed by atoms with Crippen LogP contribution >= 0.6 is 0 Å². The second kappa shape index (κ2) is 11.0. The summed E-state index contributed by atoms with van der Waals surface area (Å²) in [7, 11) is 3.61. The lowest BCUT2D eigenvalue weighted by Crippen LogP contribution is -2.44. The number of benzene rings is 1. The predicted octanol–water partition coefficient (Wildman–Crippen LogP) is 3.45. The summed E-state index contributed by atoms with van der Waals surface area (Å²) in [6.07, 6.45) is 8.67. The topological polar surface area (TPSA) is 101 Å². The second-order valence-electron chi connectivity index (χ2n) is 9.27. The minimum atomic E-state index is -0.741. The molecule has 3 aromatic rings. The number of aromatic nitrogens is 3. The van der Waals surface area contributed by atoms with Crippen LogP contribution in [0.4, 0.5) is 0 Å². The Bertz CT molecular complexity index is 1120. The number of nitrogens with zero attached hydrogens (tertiary/aromatic N) is 4. The van der Waals surface area contributed by atoms with Gasteiger partial charge in [-0.2, -0.15) is 0 Å². The third-order valence-corrected chi connectivity index (χ3v) is 7.13. The first-order valence-corrected chi connectivity index (χ1v) is 12.0. The number of rotatable bonds is 10. The fourth-order valence-electron chi connectivity index (χ4n) is 5.10. The van der Waals surface area contributed by atoms with Gasteiger partial charge in [-0.1, -0.05) is 0 Å². The van der Waals surface area contributed by atoms with E-state index in [1.54, 1.807) is 19.6 Å². The van der Waals surface area contributed by atoms with Crippen LogP contribution in [0.2, 0.25) is 0 Å². The van der Waals surface area contributed by atoms with Crippen molar-refractivity contribution in [2.24, 2.45) is 18.9 Å². The van der Waals surface area contributed by atoms with Crippen LogP contribution in [0.5, 0.6) is 5.75 Å². The summed E-state index contributed by atoms with van der Waals surface area (Å²) < 4.78 is 7.36. The Kier molecular flexibility index (Phi) is 7.80. The van der Waals surface area contributed by atoms with Crippen molar-refractivity contribution in [3.05, 3.63) is 54.2 Å². The molecule has 1 aliphatic heterocycles. The minimum absolute atomic E-state index is 0.0584. The van der Waals surface area contributed by atoms with Gasteiger partial charge < -0.3 is 24.4 Å². The first-order chi connectivity index (χ1) is 16.5. The normalized spacial score (nSPS) is 19.9. The van der Waals surface area contributed by atoms with E-state index in [9.17, 15) is 15.0 Å². The molecule has 8 heteroatoms. The fourth-order valence-corrected chi connectivity index (χ4v) is 5.10. The van der Waals surface area contributed by atoms with E-state index in [-0.39, 0.29) is 5.92 Å². The number of imidazole rings is 1. The van der Waals surface area contributed by atoms with Crippen molar-refractivity contribution in [3.8, 4) is 5.75 Å². The predicted molar refractivity (Wildman–Crippen MR) is 130 cm³/mol. The molecule has 0 bridgehead atoms. The van der Waals surface area contributed by atoms with E-state index in [0.717, 1.165) is 54.6 Å². The molecule has 182 valence electrons. The van der Waals surface area contributed by atoms with Gasteiger partial charge in [-0.3, -0.25) is 9.78 Å². The van der Waals surface area contributed by atoms with Crippen LogP contribution in [0, 0.1) is 11.8 Å². The zero-order chi connectivity index (χ0) is 24.1. The lowest BCUT2D eigenvalue weighted by atomic mass is 9.81. The number of aliphatic carboxylic acids is 1. The molecule has 4 rings (SSSR count). The Morgan fingerprint density at radius 1 is 1.32 bits per heavy atom. The third kappa shape index (κ3) is 5.56. The van der Waals surface area contributed by atoms with Gasteiger partial charge in [0.25, 0.3) is 0 Å². The third-order valence-electron chi connectivity index (χ3n) is 7.13. The average molecular weight is 467 g/mol. The quantitative estimate of drug-likeness (QED) is 0.472. The average Bonchev–Trinajstić information content (AvgIpc) is 3.26. The molecule has 0 aliphatic carbocycles. The first-order valence-electron chi connectivity index (χ1n) is 12.0. The Balaban J connectivity index is 1.34. The molecule has 0 spiro atoms. The SMILES string of the molecule is COc1ccc2nccc([C@@H](O)CC[C@@H]3CCN(CCCc4cncn4C)C[C@@H]3C(=O)O)c2c1. The molecule has 2 aromatic heterocycles. The molecule has 34 heavy (non-hydrogen) atoms. The summed E-state index contributed by atoms with van der Waals surface area (Å²) in [5.41, 5.74) is 2.81. The fraction of sp³-hybridized carbons (Fsp3) is 0.500. The van der Waals surface area contributed by atoms with Gasteiger partial charge in [0.05, 0.1) is 31.0 Å². The number of aliphatic hydroxyl groups is 1. The maximum atomic E-state index is 12.1. The molecule has 1 fully saturated rings. The van der Waals surface area contributed by atoms with Crippen LogP contribution in [0.3, 0.4) is 0 Å². The molecule has 0 radical (unpaired) electrons. The molecule has 3 atom stereocenters. The van der Waals surface area contributed by atoms with Crippen molar-refractivity contribution in [1.29, 1.82) is 0 Å². The van der Waals surface area contributed by atoms with Crippen LogP contribution in [0.15, 0.2) is 43.0 Å². The first kappa shape index (κ1) is 24.2. The van der Waals surface area contributed by atoms with Crippen LogP contribution in [-0.2, 0) is 18.3 Å². The van der Waals surface area contributed by atoms with Gasteiger partial charge in [0, 0.05) is 37.1 Å². The van der Waals surface area contributed by atoms with Gasteiger partial charge in [-0.05, 0) is 80.9 Å². The number of hydrogen-bond donors (Lipinski definition) is 2. The van der Waals surface area contributed by atoms with E-state index in [1.807, 2.05) is 42.1 Å². The molecule has 1 aromatic carbocycles. The molecule has 2 N–H and O–H groups in total. The maximum absolute atomic E-state index is 12.1. The molecule has 1 aliphatic rings. The molecule has 1 saturated heterocycles. The number of carboxylic acid groups (broad SMARTS) is 1. The summed E-state index contributed by atoms with van der Waals surface area (Å²) in [5.74, 6) is -0.374. The standard InChI is InChI=1S/C26H34N4O4/c1-29-17-27-15-19(29)4-3-12-30-13-10-18(23(16-30)26(32)33)5-8-25(31)21-9-11-28-24-7-6-20(34-2)14-22(21)24/h6-7,9,11,14-15,17-18,23,25,31H,3-5,8,10,12-13,16H2,1-2H3,(H,32,33)/t18-,23+,25+/m1/s1. The number of hydrogen-bond acceptors (Lipinski definition) is 6. The molecule has 0 amide bonds. The molecule has 0 saturated carbocycles. The van der Waals surface area contributed by atoms with E-state index in [0.29, 0.717) is 19.4 Å². The number of aliphatic hydroxyl groups excluding tert-OH is 1. The highest BCUT2D eigenvalue weighted by atomic mass is 16.5. The van der Waals surface area contributed by atoms with Crippen molar-refractivity contribution in [2.45, 2.75) is 38.2 Å². The molecule has 0 unspecified atom stereocenters. The summed E-state index contributed by atoms with van der Waals surface area (Å²) >= 11 is 0. The highest BCUT2D eigenvalue weighted by Gasteiger charge is 2.34. The molecular weight excluding hydrogens is 432 g/mol. The number of likely N-dealkylation sites (tertiary alicyclic amines) is 1. The van der Waals surface area contributed by atoms with Crippen LogP contribution < -0.4 is 4.74 Å². The van der Waals surface area contributed by atoms with Crippen LogP contribution in [0.1, 0.15) is 43.0 Å². The van der Waals surface area contributed by atoms with Gasteiger partial charge >= 0.3 is 5.97 Å². The largest absolute Gasteiger partial charge is 0.497 e. The smallest absolute Gasteiger partial charge is 0.308 e. The zero-order valence-electron chi connectivity index (χ0n) is 19.9. The van der Waals surface area contributed by atoms with Crippen molar-refractivity contribution in [1.82, 2.24) is 19.4 Å². The zero-order valence-corrected chi connectivity index (χ0v) is 19.9. The Labute approximate surface area is 200 Å². The van der Waals surface area contributed by atoms with E-state index in [4.69, 9.17) is 4.74 Å². The number of fused-ring (bicyclic) bond motifs is 1. The van der Waals surface area contributed by atoms with Crippen molar-refractivity contribution < 1.29 is 19.7 Å². The van der Waals surface area contributed by atoms with E-state index >= 15 is 0 Å². The van der Waals surface area contributed by atoms with Crippen molar-refractivity contribution in [3.63, 3.8) is 0 Å². The number of methoxy groups -OCH3 is 1. The highest BCUT2D eigenvalue weighted by Crippen LogP contribution is 2.33. The molecular formula is C26H34N4O4. The number of piperidine rings is 1. The molecule has 8 nitrogen and oxygen atoms in total. The lowest BCUT2D eigenvalue weighted by molar-refractivity contribution is -0.146. The Hall–Kier alpha value is -2.97. The van der Waals surface area contributed by atoms with E-state index in [2.05, 4.69) is 14.9 Å². The molecule has 3 heterocycles. The number of ether oxygens (including phenoxy) is 1. The minimum Gasteiger partial charge on any atom is -0.497 e.